The number of benzene rings is 1. The fraction of sp³-hybridized carbons (Fsp3) is 0.263. The van der Waals surface area contributed by atoms with Crippen LogP contribution in [-0.4, -0.2) is 31.4 Å². The van der Waals surface area contributed by atoms with Crippen molar-refractivity contribution in [2.75, 3.05) is 0 Å². The molecule has 2 heterocycles. The molecule has 0 aliphatic carbocycles. The topological polar surface area (TPSA) is 92.7 Å². The zero-order chi connectivity index (χ0) is 18.8. The lowest BCUT2D eigenvalue weighted by Gasteiger charge is -2.15. The third-order valence-electron chi connectivity index (χ3n) is 4.44. The second kappa shape index (κ2) is 6.95. The van der Waals surface area contributed by atoms with Crippen LogP contribution in [0.4, 0.5) is 0 Å². The molecule has 3 rings (SSSR count). The summed E-state index contributed by atoms with van der Waals surface area (Å²) in [5.74, 6) is -0.280. The van der Waals surface area contributed by atoms with Crippen LogP contribution in [-0.2, 0) is 0 Å². The standard InChI is InChI=1S/C19H21N5O2/c1-11-17(14(4)25)13(3)22-18(11)19(26)23-12(2)15-5-7-16(8-6-15)24-10-20-9-21-24/h5-10,12,22H,1-4H3,(H,23,26). The van der Waals surface area contributed by atoms with Gasteiger partial charge in [0.2, 0.25) is 0 Å². The van der Waals surface area contributed by atoms with Crippen molar-refractivity contribution in [3.63, 3.8) is 0 Å². The summed E-state index contributed by atoms with van der Waals surface area (Å²) in [6.45, 7) is 7.00. The molecule has 3 aromatic rings. The van der Waals surface area contributed by atoms with E-state index in [4.69, 9.17) is 0 Å². The van der Waals surface area contributed by atoms with Gasteiger partial charge < -0.3 is 10.3 Å². The molecular weight excluding hydrogens is 330 g/mol. The van der Waals surface area contributed by atoms with E-state index in [1.54, 1.807) is 24.9 Å². The number of hydrogen-bond acceptors (Lipinski definition) is 4. The fourth-order valence-corrected chi connectivity index (χ4v) is 3.11. The van der Waals surface area contributed by atoms with Crippen LogP contribution >= 0.6 is 0 Å². The van der Waals surface area contributed by atoms with Crippen LogP contribution in [0.2, 0.25) is 0 Å². The van der Waals surface area contributed by atoms with Crippen LogP contribution in [0.15, 0.2) is 36.9 Å². The normalized spacial score (nSPS) is 12.0. The summed E-state index contributed by atoms with van der Waals surface area (Å²) in [5.41, 5.74) is 4.27. The van der Waals surface area contributed by atoms with Gasteiger partial charge in [0.25, 0.3) is 5.91 Å². The highest BCUT2D eigenvalue weighted by Gasteiger charge is 2.21. The Labute approximate surface area is 151 Å². The molecule has 134 valence electrons. The number of carbonyl (C=O) groups excluding carboxylic acids is 2. The lowest BCUT2D eigenvalue weighted by Crippen LogP contribution is -2.27. The van der Waals surface area contributed by atoms with Gasteiger partial charge in [-0.2, -0.15) is 5.10 Å². The first-order chi connectivity index (χ1) is 12.4. The first-order valence-electron chi connectivity index (χ1n) is 8.34. The lowest BCUT2D eigenvalue weighted by molar-refractivity contribution is 0.0934. The largest absolute Gasteiger partial charge is 0.354 e. The van der Waals surface area contributed by atoms with Crippen molar-refractivity contribution in [1.29, 1.82) is 0 Å². The van der Waals surface area contributed by atoms with Crippen molar-refractivity contribution in [2.24, 2.45) is 0 Å². The van der Waals surface area contributed by atoms with Gasteiger partial charge in [-0.25, -0.2) is 9.67 Å². The first kappa shape index (κ1) is 17.6. The summed E-state index contributed by atoms with van der Waals surface area (Å²) in [5, 5.41) is 7.06. The number of rotatable bonds is 5. The number of aromatic amines is 1. The van der Waals surface area contributed by atoms with E-state index in [0.29, 0.717) is 22.5 Å². The predicted octanol–water partition coefficient (Wildman–Crippen LogP) is 2.91. The smallest absolute Gasteiger partial charge is 0.268 e. The number of aryl methyl sites for hydroxylation is 1. The Morgan fingerprint density at radius 1 is 1.19 bits per heavy atom. The Hall–Kier alpha value is -3.22. The van der Waals surface area contributed by atoms with E-state index in [0.717, 1.165) is 11.3 Å². The zero-order valence-corrected chi connectivity index (χ0v) is 15.2. The minimum absolute atomic E-state index is 0.0490. The van der Waals surface area contributed by atoms with Gasteiger partial charge in [-0.15, -0.1) is 0 Å². The average Bonchev–Trinajstić information content (AvgIpc) is 3.23. The van der Waals surface area contributed by atoms with Crippen LogP contribution in [0.1, 0.15) is 57.6 Å². The van der Waals surface area contributed by atoms with Gasteiger partial charge in [0.05, 0.1) is 11.7 Å². The summed E-state index contributed by atoms with van der Waals surface area (Å²) >= 11 is 0. The zero-order valence-electron chi connectivity index (χ0n) is 15.2. The Morgan fingerprint density at radius 3 is 2.42 bits per heavy atom. The lowest BCUT2D eigenvalue weighted by atomic mass is 10.1. The predicted molar refractivity (Wildman–Crippen MR) is 97.5 cm³/mol. The SMILES string of the molecule is CC(=O)c1c(C)[nH]c(C(=O)NC(C)c2ccc(-n3cncn3)cc2)c1C. The molecule has 7 nitrogen and oxygen atoms in total. The molecule has 26 heavy (non-hydrogen) atoms. The van der Waals surface area contributed by atoms with E-state index >= 15 is 0 Å². The summed E-state index contributed by atoms with van der Waals surface area (Å²) in [6, 6.07) is 7.54. The minimum atomic E-state index is -0.231. The van der Waals surface area contributed by atoms with E-state index in [1.165, 1.54) is 13.3 Å². The maximum atomic E-state index is 12.6. The molecule has 0 aliphatic heterocycles. The van der Waals surface area contributed by atoms with E-state index in [-0.39, 0.29) is 17.7 Å². The Morgan fingerprint density at radius 2 is 1.88 bits per heavy atom. The molecule has 1 amide bonds. The average molecular weight is 351 g/mol. The van der Waals surface area contributed by atoms with Crippen LogP contribution < -0.4 is 5.32 Å². The number of nitrogens with zero attached hydrogens (tertiary/aromatic N) is 3. The molecular formula is C19H21N5O2. The second-order valence-corrected chi connectivity index (χ2v) is 6.31. The Bertz CT molecular complexity index is 939. The number of H-pyrrole nitrogens is 1. The van der Waals surface area contributed by atoms with E-state index in [9.17, 15) is 9.59 Å². The number of nitrogens with one attached hydrogen (secondary N) is 2. The molecule has 2 N–H and O–H groups in total. The number of Topliss-reactive ketones (excluding diaryl/α,β-unsaturated/α-hetero) is 1. The van der Waals surface area contributed by atoms with Gasteiger partial charge in [0, 0.05) is 11.3 Å². The molecule has 0 radical (unpaired) electrons. The molecule has 1 unspecified atom stereocenters. The molecule has 1 aromatic carbocycles. The number of carbonyl (C=O) groups is 2. The maximum absolute atomic E-state index is 12.6. The molecule has 2 aromatic heterocycles. The third kappa shape index (κ3) is 3.28. The number of amides is 1. The molecule has 0 fully saturated rings. The Kier molecular flexibility index (Phi) is 4.71. The summed E-state index contributed by atoms with van der Waals surface area (Å²) < 4.78 is 1.67. The summed E-state index contributed by atoms with van der Waals surface area (Å²) in [4.78, 5) is 31.3. The fourth-order valence-electron chi connectivity index (χ4n) is 3.11. The van der Waals surface area contributed by atoms with Gasteiger partial charge in [0.15, 0.2) is 5.78 Å². The third-order valence-corrected chi connectivity index (χ3v) is 4.44. The van der Waals surface area contributed by atoms with Gasteiger partial charge >= 0.3 is 0 Å². The van der Waals surface area contributed by atoms with Gasteiger partial charge in [-0.1, -0.05) is 12.1 Å². The maximum Gasteiger partial charge on any atom is 0.268 e. The van der Waals surface area contributed by atoms with E-state index in [2.05, 4.69) is 20.4 Å². The molecule has 1 atom stereocenters. The molecule has 0 saturated heterocycles. The van der Waals surface area contributed by atoms with Crippen LogP contribution in [0.5, 0.6) is 0 Å². The van der Waals surface area contributed by atoms with Crippen molar-refractivity contribution in [1.82, 2.24) is 25.1 Å². The van der Waals surface area contributed by atoms with E-state index < -0.39 is 0 Å². The minimum Gasteiger partial charge on any atom is -0.354 e. The second-order valence-electron chi connectivity index (χ2n) is 6.31. The Balaban J connectivity index is 1.75. The molecule has 7 heteroatoms. The molecule has 0 spiro atoms. The summed E-state index contributed by atoms with van der Waals surface area (Å²) in [7, 11) is 0. The van der Waals surface area contributed by atoms with Crippen LogP contribution in [0, 0.1) is 13.8 Å². The first-order valence-corrected chi connectivity index (χ1v) is 8.34. The van der Waals surface area contributed by atoms with Crippen molar-refractivity contribution in [3.8, 4) is 5.69 Å². The highest BCUT2D eigenvalue weighted by atomic mass is 16.2. The summed E-state index contributed by atoms with van der Waals surface area (Å²) in [6.07, 6.45) is 3.11. The van der Waals surface area contributed by atoms with Gasteiger partial charge in [0.1, 0.15) is 18.3 Å². The van der Waals surface area contributed by atoms with E-state index in [1.807, 2.05) is 31.2 Å². The highest BCUT2D eigenvalue weighted by Crippen LogP contribution is 2.20. The number of hydrogen-bond donors (Lipinski definition) is 2. The highest BCUT2D eigenvalue weighted by molar-refractivity contribution is 6.02. The van der Waals surface area contributed by atoms with Gasteiger partial charge in [-0.05, 0) is 51.0 Å². The van der Waals surface area contributed by atoms with Crippen molar-refractivity contribution < 1.29 is 9.59 Å². The quantitative estimate of drug-likeness (QED) is 0.691. The van der Waals surface area contributed by atoms with Crippen LogP contribution in [0.25, 0.3) is 5.69 Å². The molecule has 0 bridgehead atoms. The molecule has 0 saturated carbocycles. The van der Waals surface area contributed by atoms with Crippen molar-refractivity contribution in [2.45, 2.75) is 33.7 Å². The van der Waals surface area contributed by atoms with Crippen molar-refractivity contribution >= 4 is 11.7 Å². The number of aromatic nitrogens is 4. The van der Waals surface area contributed by atoms with Crippen LogP contribution in [0.3, 0.4) is 0 Å². The van der Waals surface area contributed by atoms with Gasteiger partial charge in [-0.3, -0.25) is 9.59 Å². The monoisotopic (exact) mass is 351 g/mol. The molecule has 0 aliphatic rings. The van der Waals surface area contributed by atoms with Crippen molar-refractivity contribution in [3.05, 3.63) is 65.0 Å². The number of ketones is 1.